The van der Waals surface area contributed by atoms with Gasteiger partial charge in [0, 0.05) is 11.0 Å². The number of benzene rings is 1. The third kappa shape index (κ3) is 5.26. The van der Waals surface area contributed by atoms with Crippen molar-refractivity contribution in [3.63, 3.8) is 0 Å². The molecule has 1 atom stereocenters. The summed E-state index contributed by atoms with van der Waals surface area (Å²) in [6.45, 7) is 4.56. The van der Waals surface area contributed by atoms with Crippen molar-refractivity contribution >= 4 is 34.3 Å². The fourth-order valence-electron chi connectivity index (χ4n) is 3.36. The molecular weight excluding hydrogens is 386 g/mol. The van der Waals surface area contributed by atoms with Gasteiger partial charge in [-0.1, -0.05) is 26.0 Å². The first-order chi connectivity index (χ1) is 14.0. The normalized spacial score (nSPS) is 15.8. The van der Waals surface area contributed by atoms with Crippen LogP contribution in [0.3, 0.4) is 0 Å². The highest BCUT2D eigenvalue weighted by molar-refractivity contribution is 7.17. The number of hydrogen-bond donors (Lipinski definition) is 1. The van der Waals surface area contributed by atoms with Gasteiger partial charge in [-0.25, -0.2) is 4.79 Å². The third-order valence-electron chi connectivity index (χ3n) is 4.93. The quantitative estimate of drug-likeness (QED) is 0.507. The lowest BCUT2D eigenvalue weighted by molar-refractivity contribution is -0.111. The Morgan fingerprint density at radius 3 is 2.72 bits per heavy atom. The molecule has 1 unspecified atom stereocenters. The zero-order chi connectivity index (χ0) is 20.8. The van der Waals surface area contributed by atoms with Crippen LogP contribution in [0.25, 0.3) is 6.08 Å². The Labute approximate surface area is 175 Å². The summed E-state index contributed by atoms with van der Waals surface area (Å²) in [5.41, 5.74) is 2.48. The highest BCUT2D eigenvalue weighted by atomic mass is 32.1. The fourth-order valence-corrected chi connectivity index (χ4v) is 4.76. The summed E-state index contributed by atoms with van der Waals surface area (Å²) in [5, 5.41) is 3.49. The molecule has 1 aromatic heterocycles. The number of carbonyl (C=O) groups is 2. The van der Waals surface area contributed by atoms with E-state index in [0.29, 0.717) is 23.1 Å². The van der Waals surface area contributed by atoms with Gasteiger partial charge < -0.3 is 14.8 Å². The van der Waals surface area contributed by atoms with Gasteiger partial charge in [0.2, 0.25) is 5.91 Å². The molecule has 0 saturated heterocycles. The summed E-state index contributed by atoms with van der Waals surface area (Å²) in [5.74, 6) is 0.741. The minimum Gasteiger partial charge on any atom is -0.497 e. The number of rotatable bonds is 7. The molecule has 0 saturated carbocycles. The summed E-state index contributed by atoms with van der Waals surface area (Å²) in [6, 6.07) is 7.44. The fraction of sp³-hybridized carbons (Fsp3) is 0.391. The van der Waals surface area contributed by atoms with Crippen LogP contribution in [-0.2, 0) is 22.4 Å². The second-order valence-electron chi connectivity index (χ2n) is 7.29. The summed E-state index contributed by atoms with van der Waals surface area (Å²) >= 11 is 1.50. The number of ether oxygens (including phenoxy) is 2. The second kappa shape index (κ2) is 9.74. The Morgan fingerprint density at radius 1 is 1.28 bits per heavy atom. The average molecular weight is 414 g/mol. The van der Waals surface area contributed by atoms with Crippen LogP contribution in [0.4, 0.5) is 5.00 Å². The topological polar surface area (TPSA) is 64.6 Å². The molecule has 154 valence electrons. The largest absolute Gasteiger partial charge is 0.497 e. The molecule has 0 radical (unpaired) electrons. The number of anilines is 1. The first kappa shape index (κ1) is 21.1. The van der Waals surface area contributed by atoms with Gasteiger partial charge in [-0.2, -0.15) is 0 Å². The lowest BCUT2D eigenvalue weighted by Crippen LogP contribution is -2.16. The Balaban J connectivity index is 1.78. The van der Waals surface area contributed by atoms with E-state index in [4.69, 9.17) is 9.47 Å². The van der Waals surface area contributed by atoms with Crippen molar-refractivity contribution in [3.05, 3.63) is 51.9 Å². The molecular formula is C23H27NO4S. The highest BCUT2D eigenvalue weighted by Crippen LogP contribution is 2.40. The molecule has 3 rings (SSSR count). The molecule has 0 aliphatic heterocycles. The van der Waals surface area contributed by atoms with E-state index in [1.165, 1.54) is 22.3 Å². The van der Waals surface area contributed by atoms with Crippen LogP contribution < -0.4 is 10.1 Å². The molecule has 1 N–H and O–H groups in total. The van der Waals surface area contributed by atoms with Gasteiger partial charge in [-0.3, -0.25) is 4.79 Å². The molecule has 1 heterocycles. The number of nitrogens with one attached hydrogen (secondary N) is 1. The Bertz CT molecular complexity index is 898. The maximum absolute atomic E-state index is 12.7. The smallest absolute Gasteiger partial charge is 0.341 e. The number of fused-ring (bicyclic) bond motifs is 1. The van der Waals surface area contributed by atoms with E-state index >= 15 is 0 Å². The van der Waals surface area contributed by atoms with Gasteiger partial charge in [0.25, 0.3) is 0 Å². The number of amides is 1. The predicted octanol–water partition coefficient (Wildman–Crippen LogP) is 5.10. The van der Waals surface area contributed by atoms with Crippen LogP contribution in [0, 0.1) is 5.92 Å². The number of thiophene rings is 1. The zero-order valence-corrected chi connectivity index (χ0v) is 17.9. The molecule has 0 spiro atoms. The summed E-state index contributed by atoms with van der Waals surface area (Å²) < 4.78 is 10.5. The molecule has 5 nitrogen and oxygen atoms in total. The Kier molecular flexibility index (Phi) is 7.09. The van der Waals surface area contributed by atoms with Crippen molar-refractivity contribution in [2.45, 2.75) is 39.5 Å². The lowest BCUT2D eigenvalue weighted by atomic mass is 9.88. The van der Waals surface area contributed by atoms with Gasteiger partial charge >= 0.3 is 5.97 Å². The molecule has 1 amide bonds. The molecule has 2 aromatic rings. The van der Waals surface area contributed by atoms with E-state index in [1.807, 2.05) is 31.2 Å². The highest BCUT2D eigenvalue weighted by Gasteiger charge is 2.28. The first-order valence-corrected chi connectivity index (χ1v) is 10.8. The van der Waals surface area contributed by atoms with Crippen molar-refractivity contribution in [2.75, 3.05) is 19.0 Å². The van der Waals surface area contributed by atoms with Crippen molar-refractivity contribution in [1.82, 2.24) is 0 Å². The molecule has 6 heteroatoms. The molecule has 1 aromatic carbocycles. The van der Waals surface area contributed by atoms with Gasteiger partial charge in [-0.15, -0.1) is 11.3 Å². The maximum atomic E-state index is 12.7. The van der Waals surface area contributed by atoms with Crippen LogP contribution in [0.5, 0.6) is 5.75 Å². The average Bonchev–Trinajstić information content (AvgIpc) is 3.07. The summed E-state index contributed by atoms with van der Waals surface area (Å²) in [7, 11) is 1.61. The molecule has 29 heavy (non-hydrogen) atoms. The first-order valence-electron chi connectivity index (χ1n) is 9.96. The van der Waals surface area contributed by atoms with E-state index in [1.54, 1.807) is 13.2 Å². The standard InChI is InChI=1S/C23H27NO4S/c1-4-13-28-23(26)21-18-11-5-15(2)14-19(18)29-22(21)24-20(25)12-8-16-6-9-17(27-3)10-7-16/h6-10,12,15H,4-5,11,13-14H2,1-3H3,(H,24,25)/b12-8+. The van der Waals surface area contributed by atoms with E-state index in [2.05, 4.69) is 12.2 Å². The molecule has 1 aliphatic carbocycles. The van der Waals surface area contributed by atoms with Gasteiger partial charge in [0.15, 0.2) is 0 Å². The number of carbonyl (C=O) groups excluding carboxylic acids is 2. The lowest BCUT2D eigenvalue weighted by Gasteiger charge is -2.18. The number of methoxy groups -OCH3 is 1. The Hall–Kier alpha value is -2.60. The second-order valence-corrected chi connectivity index (χ2v) is 8.39. The van der Waals surface area contributed by atoms with Crippen LogP contribution in [0.2, 0.25) is 0 Å². The van der Waals surface area contributed by atoms with Crippen LogP contribution in [0.1, 0.15) is 53.1 Å². The zero-order valence-electron chi connectivity index (χ0n) is 17.1. The minimum absolute atomic E-state index is 0.267. The van der Waals surface area contributed by atoms with Crippen LogP contribution >= 0.6 is 11.3 Å². The third-order valence-corrected chi connectivity index (χ3v) is 6.10. The predicted molar refractivity (Wildman–Crippen MR) is 117 cm³/mol. The maximum Gasteiger partial charge on any atom is 0.341 e. The number of hydrogen-bond acceptors (Lipinski definition) is 5. The van der Waals surface area contributed by atoms with Gasteiger partial charge in [-0.05, 0) is 60.9 Å². The SMILES string of the molecule is CCCOC(=O)c1c(NC(=O)/C=C/c2ccc(OC)cc2)sc2c1CCC(C)C2. The van der Waals surface area contributed by atoms with Crippen LogP contribution in [-0.4, -0.2) is 25.6 Å². The van der Waals surface area contributed by atoms with E-state index in [0.717, 1.165) is 42.6 Å². The van der Waals surface area contributed by atoms with Gasteiger partial charge in [0.1, 0.15) is 10.8 Å². The number of esters is 1. The molecule has 0 bridgehead atoms. The van der Waals surface area contributed by atoms with Crippen molar-refractivity contribution < 1.29 is 19.1 Å². The monoisotopic (exact) mass is 413 g/mol. The summed E-state index contributed by atoms with van der Waals surface area (Å²) in [4.78, 5) is 26.4. The van der Waals surface area contributed by atoms with E-state index in [-0.39, 0.29) is 11.9 Å². The van der Waals surface area contributed by atoms with Crippen molar-refractivity contribution in [3.8, 4) is 5.75 Å². The molecule has 1 aliphatic rings. The minimum atomic E-state index is -0.340. The summed E-state index contributed by atoms with van der Waals surface area (Å²) in [6.07, 6.45) is 6.81. The Morgan fingerprint density at radius 2 is 2.03 bits per heavy atom. The van der Waals surface area contributed by atoms with Gasteiger partial charge in [0.05, 0.1) is 19.3 Å². The van der Waals surface area contributed by atoms with E-state index < -0.39 is 0 Å². The van der Waals surface area contributed by atoms with Crippen molar-refractivity contribution in [2.24, 2.45) is 5.92 Å². The van der Waals surface area contributed by atoms with Crippen molar-refractivity contribution in [1.29, 1.82) is 0 Å². The van der Waals surface area contributed by atoms with Crippen LogP contribution in [0.15, 0.2) is 30.3 Å². The molecule has 0 fully saturated rings. The van der Waals surface area contributed by atoms with E-state index in [9.17, 15) is 9.59 Å².